The van der Waals surface area contributed by atoms with E-state index in [2.05, 4.69) is 25.6 Å². The van der Waals surface area contributed by atoms with Gasteiger partial charge in [-0.05, 0) is 163 Å². The molecule has 1 aromatic heterocycles. The van der Waals surface area contributed by atoms with Crippen LogP contribution in [0, 0.1) is 142 Å². The first-order valence-electron chi connectivity index (χ1n) is 34.9. The Balaban J connectivity index is 2.21. The van der Waals surface area contributed by atoms with Crippen molar-refractivity contribution in [3.63, 3.8) is 0 Å². The molecule has 1 saturated carbocycles. The number of rotatable bonds is 26. The number of nitrogens with one attached hydrogen (secondary N) is 4. The molecular formula is C72H115N11O14S. The quantitative estimate of drug-likeness (QED) is 0.0320. The van der Waals surface area contributed by atoms with Gasteiger partial charge in [-0.1, -0.05) is 99.9 Å². The van der Waals surface area contributed by atoms with Crippen LogP contribution in [-0.2, 0) is 61.3 Å². The van der Waals surface area contributed by atoms with Crippen LogP contribution in [0.15, 0.2) is 49.6 Å². The van der Waals surface area contributed by atoms with Crippen LogP contribution in [0.3, 0.4) is 0 Å². The molecule has 2 aliphatic rings. The Morgan fingerprint density at radius 2 is 0.918 bits per heavy atom. The molecule has 548 valence electrons. The van der Waals surface area contributed by atoms with Crippen molar-refractivity contribution in [1.29, 1.82) is 22.1 Å². The largest absolute Gasteiger partial charge is 0.392 e. The van der Waals surface area contributed by atoms with E-state index in [0.717, 1.165) is 19.3 Å². The summed E-state index contributed by atoms with van der Waals surface area (Å²) >= 11 is 0. The molecule has 0 amide bonds. The summed E-state index contributed by atoms with van der Waals surface area (Å²) in [4.78, 5) is 113. The summed E-state index contributed by atoms with van der Waals surface area (Å²) < 4.78 is 31.1. The number of aliphatic hydroxyl groups is 4. The number of hydrogen-bond donors (Lipinski definition) is 8. The highest BCUT2D eigenvalue weighted by molar-refractivity contribution is 7.89. The standard InChI is InChI=1S/C72H115N11O14S/c1-42(2)26-57-54(36-86)65(93)31-53(35-85)69(14,79-74)60(29-45(7)8)63(41-91)72(95,32-50-20-22-51(23-21-50)33-83-49(12)67(48(11)77-83)98(96,97)82-24-18-17-19-25-82)47(10)62(40-90)71(16,81-76)58(27-43(3)4)55(37-87)64(92)30-52(34-84)68(13,78-73)59(28-44(5)6)56(38-88)66(94)46(9)61(39-89)70(57,15)80-75/h20-23,34-47,52-66,73-76,92-95H,17-19,24-33H2,1-16H3. The third-order valence-corrected chi connectivity index (χ3v) is 25.3. The predicted molar refractivity (Wildman–Crippen MR) is 367 cm³/mol. The maximum Gasteiger partial charge on any atom is 0.246 e. The van der Waals surface area contributed by atoms with Crippen molar-refractivity contribution < 1.29 is 67.2 Å². The second-order valence-electron chi connectivity index (χ2n) is 31.3. The number of aromatic nitrogens is 2. The van der Waals surface area contributed by atoms with Gasteiger partial charge in [0, 0.05) is 66.9 Å². The first kappa shape index (κ1) is 84.4. The van der Waals surface area contributed by atoms with Crippen molar-refractivity contribution in [3.8, 4) is 0 Å². The molecule has 22 atom stereocenters. The number of carbonyl (C=O) groups excluding carboxylic acids is 8. The van der Waals surface area contributed by atoms with Crippen molar-refractivity contribution in [2.24, 2.45) is 127 Å². The van der Waals surface area contributed by atoms with Gasteiger partial charge in [-0.15, -0.1) is 0 Å². The number of aldehydes is 8. The minimum Gasteiger partial charge on any atom is -0.392 e. The summed E-state index contributed by atoms with van der Waals surface area (Å²) in [7, 11) is -3.88. The van der Waals surface area contributed by atoms with Crippen molar-refractivity contribution in [2.75, 3.05) is 13.1 Å². The molecule has 2 heterocycles. The number of piperidine rings is 1. The number of carbonyl (C=O) groups is 8. The molecule has 22 unspecified atom stereocenters. The Labute approximate surface area is 580 Å². The number of sulfonamides is 1. The number of benzene rings is 1. The van der Waals surface area contributed by atoms with Crippen LogP contribution in [0.1, 0.15) is 177 Å². The molecule has 1 aliphatic heterocycles. The van der Waals surface area contributed by atoms with Crippen LogP contribution in [0.4, 0.5) is 0 Å². The summed E-state index contributed by atoms with van der Waals surface area (Å²) in [5, 5.41) is 73.6. The Kier molecular flexibility index (Phi) is 30.6. The van der Waals surface area contributed by atoms with Gasteiger partial charge in [0.05, 0.1) is 64.0 Å². The minimum atomic E-state index is -3.88. The molecule has 98 heavy (non-hydrogen) atoms. The van der Waals surface area contributed by atoms with Crippen LogP contribution >= 0.6 is 0 Å². The van der Waals surface area contributed by atoms with E-state index < -0.39 is 164 Å². The first-order chi connectivity index (χ1) is 45.9. The number of aryl methyl sites for hydroxylation is 1. The van der Waals surface area contributed by atoms with Crippen molar-refractivity contribution >= 4 is 60.3 Å². The van der Waals surface area contributed by atoms with Gasteiger partial charge in [0.15, 0.2) is 0 Å². The van der Waals surface area contributed by atoms with E-state index in [9.17, 15) is 67.2 Å². The van der Waals surface area contributed by atoms with E-state index in [-0.39, 0.29) is 54.9 Å². The van der Waals surface area contributed by atoms with E-state index in [1.807, 2.05) is 0 Å². The van der Waals surface area contributed by atoms with Gasteiger partial charge in [-0.3, -0.25) is 4.68 Å². The third kappa shape index (κ3) is 17.6. The second kappa shape index (κ2) is 35.5. The summed E-state index contributed by atoms with van der Waals surface area (Å²) in [5.74, 6) is -21.9. The molecule has 1 aliphatic carbocycles. The topological polar surface area (TPSA) is 418 Å². The van der Waals surface area contributed by atoms with Crippen LogP contribution in [0.25, 0.3) is 0 Å². The lowest BCUT2D eigenvalue weighted by atomic mass is 9.54. The number of nitrogens with zero attached hydrogens (tertiary/aromatic N) is 7. The van der Waals surface area contributed by atoms with Crippen molar-refractivity contribution in [3.05, 3.63) is 46.8 Å². The molecule has 25 nitrogen and oxygen atoms in total. The molecule has 0 radical (unpaired) electrons. The predicted octanol–water partition coefficient (Wildman–Crippen LogP) is 10.5. The Morgan fingerprint density at radius 1 is 0.541 bits per heavy atom. The van der Waals surface area contributed by atoms with Crippen LogP contribution in [-0.4, -0.2) is 152 Å². The lowest BCUT2D eigenvalue weighted by molar-refractivity contribution is -0.153. The Hall–Kier alpha value is -6.06. The number of aliphatic hydroxyl groups excluding tert-OH is 3. The SMILES string of the molecule is Cc1nn(Cc2ccc(CC3(O)C(C)C(C=O)C(C)(N=N)C(CC(C)C)C(C=O)C(O)CC(C=O)C(C)(N=N)C(CC(C)C)C(C=O)C(O)C(C)C(C=O)C(C)(N=N)C(CC(C)C)C(C=O)C(O)CC(C=O)C(C)(N=N)C(CC(C)C)C3C=O)cc2)c(C)c1S(=O)(=O)N1CCCCC1. The van der Waals surface area contributed by atoms with Gasteiger partial charge in [-0.25, -0.2) is 30.5 Å². The van der Waals surface area contributed by atoms with Crippen LogP contribution in [0.2, 0.25) is 0 Å². The summed E-state index contributed by atoms with van der Waals surface area (Å²) in [5.41, 5.74) is 27.2. The van der Waals surface area contributed by atoms with E-state index >= 15 is 0 Å². The zero-order valence-electron chi connectivity index (χ0n) is 60.7. The van der Waals surface area contributed by atoms with Gasteiger partial charge in [0.2, 0.25) is 10.0 Å². The normalized spacial score (nSPS) is 36.5. The molecule has 26 heteroatoms. The van der Waals surface area contributed by atoms with Gasteiger partial charge < -0.3 is 58.8 Å². The number of hydrogen-bond acceptors (Lipinski definition) is 23. The highest BCUT2D eigenvalue weighted by atomic mass is 32.2. The fraction of sp³-hybridized carbons (Fsp3) is 0.764. The summed E-state index contributed by atoms with van der Waals surface area (Å²) in [6.45, 7) is 27.2. The summed E-state index contributed by atoms with van der Waals surface area (Å²) in [6.07, 6.45) is -1.25. The highest BCUT2D eigenvalue weighted by Crippen LogP contribution is 2.53. The maximum absolute atomic E-state index is 14.8. The van der Waals surface area contributed by atoms with E-state index in [0.29, 0.717) is 85.9 Å². The summed E-state index contributed by atoms with van der Waals surface area (Å²) in [6, 6.07) is 6.81. The van der Waals surface area contributed by atoms with Gasteiger partial charge in [-0.2, -0.15) is 29.9 Å². The molecule has 1 saturated heterocycles. The van der Waals surface area contributed by atoms with E-state index in [1.165, 1.54) is 45.8 Å². The lowest BCUT2D eigenvalue weighted by Gasteiger charge is -2.52. The fourth-order valence-corrected chi connectivity index (χ4v) is 19.0. The Bertz CT molecular complexity index is 3180. The average Bonchev–Trinajstić information content (AvgIpc) is 1.74. The Morgan fingerprint density at radius 3 is 1.30 bits per heavy atom. The van der Waals surface area contributed by atoms with Crippen molar-refractivity contribution in [2.45, 2.75) is 232 Å². The van der Waals surface area contributed by atoms with Crippen molar-refractivity contribution in [1.82, 2.24) is 14.1 Å². The van der Waals surface area contributed by atoms with E-state index in [1.54, 1.807) is 98.2 Å². The molecule has 8 N–H and O–H groups in total. The molecule has 1 aromatic carbocycles. The van der Waals surface area contributed by atoms with Crippen LogP contribution < -0.4 is 0 Å². The fourth-order valence-electron chi connectivity index (χ4n) is 17.1. The second-order valence-corrected chi connectivity index (χ2v) is 33.1. The average molecular weight is 1390 g/mol. The van der Waals surface area contributed by atoms with E-state index in [4.69, 9.17) is 22.1 Å². The molecule has 2 fully saturated rings. The van der Waals surface area contributed by atoms with Gasteiger partial charge in [0.25, 0.3) is 0 Å². The zero-order chi connectivity index (χ0) is 74.4. The zero-order valence-corrected chi connectivity index (χ0v) is 61.5. The van der Waals surface area contributed by atoms with Gasteiger partial charge in [0.1, 0.15) is 55.2 Å². The lowest BCUT2D eigenvalue weighted by Crippen LogP contribution is -2.61. The van der Waals surface area contributed by atoms with Gasteiger partial charge >= 0.3 is 0 Å². The molecule has 0 bridgehead atoms. The molecular weight excluding hydrogens is 1270 g/mol. The first-order valence-corrected chi connectivity index (χ1v) is 36.4. The maximum atomic E-state index is 14.8. The molecule has 0 spiro atoms. The molecule has 2 aromatic rings. The smallest absolute Gasteiger partial charge is 0.246 e. The highest BCUT2D eigenvalue weighted by Gasteiger charge is 2.61. The third-order valence-electron chi connectivity index (χ3n) is 23.1. The molecule has 4 rings (SSSR count). The monoisotopic (exact) mass is 1390 g/mol. The van der Waals surface area contributed by atoms with Crippen LogP contribution in [0.5, 0.6) is 0 Å². The minimum absolute atomic E-state index is 0.00749.